The Bertz CT molecular complexity index is 1150. The third kappa shape index (κ3) is 4.03. The first-order chi connectivity index (χ1) is 14.8. The van der Waals surface area contributed by atoms with Crippen molar-refractivity contribution < 1.29 is 4.79 Å². The number of amides is 1. The summed E-state index contributed by atoms with van der Waals surface area (Å²) in [6, 6.07) is 10.3. The Morgan fingerprint density at radius 2 is 2.03 bits per heavy atom. The molecule has 152 valence electrons. The number of aromatic nitrogens is 4. The Hall–Kier alpha value is -3.30. The van der Waals surface area contributed by atoms with Gasteiger partial charge in [0.15, 0.2) is 5.13 Å². The maximum absolute atomic E-state index is 10.9. The van der Waals surface area contributed by atoms with Crippen LogP contribution in [0.25, 0.3) is 21.3 Å². The SMILES string of the molecule is O=CN1CCN(Cc2ccnc(Nc3nc4ccc(-c5cn[nH]c5)cc4s3)c2)CC1. The number of anilines is 2. The maximum Gasteiger partial charge on any atom is 0.209 e. The lowest BCUT2D eigenvalue weighted by atomic mass is 10.1. The summed E-state index contributed by atoms with van der Waals surface area (Å²) in [6.07, 6.45) is 6.46. The lowest BCUT2D eigenvalue weighted by Crippen LogP contribution is -2.45. The summed E-state index contributed by atoms with van der Waals surface area (Å²) in [6.45, 7) is 4.19. The molecule has 1 amide bonds. The maximum atomic E-state index is 10.9. The van der Waals surface area contributed by atoms with E-state index in [4.69, 9.17) is 0 Å². The molecule has 0 atom stereocenters. The first-order valence-electron chi connectivity index (χ1n) is 9.80. The van der Waals surface area contributed by atoms with Gasteiger partial charge in [-0.1, -0.05) is 17.4 Å². The van der Waals surface area contributed by atoms with Crippen LogP contribution in [0.15, 0.2) is 48.9 Å². The van der Waals surface area contributed by atoms with Gasteiger partial charge in [-0.3, -0.25) is 14.8 Å². The molecule has 1 fully saturated rings. The van der Waals surface area contributed by atoms with Crippen molar-refractivity contribution in [3.63, 3.8) is 0 Å². The molecule has 0 bridgehead atoms. The lowest BCUT2D eigenvalue weighted by Gasteiger charge is -2.32. The van der Waals surface area contributed by atoms with E-state index in [9.17, 15) is 4.79 Å². The number of carbonyl (C=O) groups is 1. The number of fused-ring (bicyclic) bond motifs is 1. The summed E-state index contributed by atoms with van der Waals surface area (Å²) in [7, 11) is 0. The summed E-state index contributed by atoms with van der Waals surface area (Å²) in [5.74, 6) is 0.785. The van der Waals surface area contributed by atoms with Gasteiger partial charge >= 0.3 is 0 Å². The van der Waals surface area contributed by atoms with Gasteiger partial charge < -0.3 is 10.2 Å². The van der Waals surface area contributed by atoms with Crippen LogP contribution in [0.2, 0.25) is 0 Å². The van der Waals surface area contributed by atoms with Crippen LogP contribution in [-0.2, 0) is 11.3 Å². The van der Waals surface area contributed by atoms with E-state index >= 15 is 0 Å². The standard InChI is InChI=1S/C21H21N7OS/c29-14-28-7-5-27(6-8-28)13-15-3-4-22-20(9-15)26-21-25-18-2-1-16(10-19(18)30-21)17-11-23-24-12-17/h1-4,9-12,14H,5-8,13H2,(H,23,24)(H,22,25,26). The number of carbonyl (C=O) groups excluding carboxylic acids is 1. The molecule has 2 N–H and O–H groups in total. The smallest absolute Gasteiger partial charge is 0.209 e. The highest BCUT2D eigenvalue weighted by molar-refractivity contribution is 7.22. The Balaban J connectivity index is 1.29. The van der Waals surface area contributed by atoms with E-state index in [1.54, 1.807) is 11.3 Å². The fourth-order valence-electron chi connectivity index (χ4n) is 3.60. The van der Waals surface area contributed by atoms with Gasteiger partial charge in [-0.05, 0) is 35.4 Å². The summed E-state index contributed by atoms with van der Waals surface area (Å²) < 4.78 is 1.11. The molecule has 0 radical (unpaired) electrons. The van der Waals surface area contributed by atoms with Gasteiger partial charge in [0, 0.05) is 50.7 Å². The number of benzene rings is 1. The van der Waals surface area contributed by atoms with Crippen molar-refractivity contribution in [2.75, 3.05) is 31.5 Å². The van der Waals surface area contributed by atoms with Crippen LogP contribution < -0.4 is 5.32 Å². The van der Waals surface area contributed by atoms with Crippen LogP contribution in [0.5, 0.6) is 0 Å². The Labute approximate surface area is 177 Å². The summed E-state index contributed by atoms with van der Waals surface area (Å²) >= 11 is 1.61. The van der Waals surface area contributed by atoms with E-state index in [0.717, 1.165) is 71.4 Å². The Morgan fingerprint density at radius 3 is 2.83 bits per heavy atom. The number of rotatable bonds is 6. The van der Waals surface area contributed by atoms with Gasteiger partial charge in [-0.15, -0.1) is 0 Å². The average Bonchev–Trinajstić information content (AvgIpc) is 3.44. The number of thiazole rings is 1. The largest absolute Gasteiger partial charge is 0.343 e. The molecule has 1 aromatic carbocycles. The van der Waals surface area contributed by atoms with Gasteiger partial charge in [0.2, 0.25) is 6.41 Å². The van der Waals surface area contributed by atoms with E-state index in [1.807, 2.05) is 35.6 Å². The number of aromatic amines is 1. The molecule has 4 aromatic rings. The number of piperazine rings is 1. The van der Waals surface area contributed by atoms with Gasteiger partial charge in [0.05, 0.1) is 16.4 Å². The molecule has 0 aliphatic carbocycles. The number of hydrogen-bond acceptors (Lipinski definition) is 7. The third-order valence-electron chi connectivity index (χ3n) is 5.24. The summed E-state index contributed by atoms with van der Waals surface area (Å²) in [4.78, 5) is 24.2. The van der Waals surface area contributed by atoms with Crippen LogP contribution in [0.4, 0.5) is 10.9 Å². The molecular weight excluding hydrogens is 398 g/mol. The highest BCUT2D eigenvalue weighted by Crippen LogP contribution is 2.31. The molecule has 9 heteroatoms. The van der Waals surface area contributed by atoms with Crippen molar-refractivity contribution in [1.29, 1.82) is 0 Å². The van der Waals surface area contributed by atoms with E-state index < -0.39 is 0 Å². The number of H-pyrrole nitrogens is 1. The first-order valence-corrected chi connectivity index (χ1v) is 10.6. The molecule has 1 saturated heterocycles. The zero-order valence-electron chi connectivity index (χ0n) is 16.3. The normalized spacial score (nSPS) is 14.9. The second-order valence-corrected chi connectivity index (χ2v) is 8.31. The minimum atomic E-state index is 0.784. The summed E-state index contributed by atoms with van der Waals surface area (Å²) in [5, 5.41) is 11.0. The highest BCUT2D eigenvalue weighted by atomic mass is 32.1. The fourth-order valence-corrected chi connectivity index (χ4v) is 4.51. The van der Waals surface area contributed by atoms with Crippen molar-refractivity contribution in [1.82, 2.24) is 30.0 Å². The topological polar surface area (TPSA) is 90.0 Å². The van der Waals surface area contributed by atoms with Crippen LogP contribution in [0, 0.1) is 0 Å². The fraction of sp³-hybridized carbons (Fsp3) is 0.238. The molecule has 8 nitrogen and oxygen atoms in total. The zero-order valence-corrected chi connectivity index (χ0v) is 17.1. The molecular formula is C21H21N7OS. The Kier molecular flexibility index (Phi) is 5.12. The third-order valence-corrected chi connectivity index (χ3v) is 6.18. The monoisotopic (exact) mass is 419 g/mol. The van der Waals surface area contributed by atoms with Crippen molar-refractivity contribution in [3.8, 4) is 11.1 Å². The van der Waals surface area contributed by atoms with Gasteiger partial charge in [-0.25, -0.2) is 9.97 Å². The Morgan fingerprint density at radius 1 is 1.13 bits per heavy atom. The van der Waals surface area contributed by atoms with Crippen LogP contribution in [-0.4, -0.2) is 62.6 Å². The van der Waals surface area contributed by atoms with Crippen LogP contribution in [0.1, 0.15) is 5.56 Å². The van der Waals surface area contributed by atoms with Crippen molar-refractivity contribution >= 4 is 38.9 Å². The molecule has 30 heavy (non-hydrogen) atoms. The number of pyridine rings is 1. The predicted molar refractivity (Wildman–Crippen MR) is 118 cm³/mol. The molecule has 0 unspecified atom stereocenters. The number of nitrogens with one attached hydrogen (secondary N) is 2. The van der Waals surface area contributed by atoms with E-state index in [1.165, 1.54) is 5.56 Å². The highest BCUT2D eigenvalue weighted by Gasteiger charge is 2.15. The van der Waals surface area contributed by atoms with Gasteiger partial charge in [0.25, 0.3) is 0 Å². The molecule has 1 aliphatic heterocycles. The average molecular weight is 420 g/mol. The van der Waals surface area contributed by atoms with Crippen molar-refractivity contribution in [3.05, 3.63) is 54.5 Å². The van der Waals surface area contributed by atoms with Crippen LogP contribution in [0.3, 0.4) is 0 Å². The summed E-state index contributed by atoms with van der Waals surface area (Å²) in [5.41, 5.74) is 4.32. The van der Waals surface area contributed by atoms with E-state index in [2.05, 4.69) is 48.6 Å². The minimum Gasteiger partial charge on any atom is -0.343 e. The second kappa shape index (κ2) is 8.21. The van der Waals surface area contributed by atoms with Crippen molar-refractivity contribution in [2.24, 2.45) is 0 Å². The minimum absolute atomic E-state index is 0.784. The number of hydrogen-bond donors (Lipinski definition) is 2. The quantitative estimate of drug-likeness (QED) is 0.467. The number of nitrogens with zero attached hydrogens (tertiary/aromatic N) is 5. The molecule has 4 heterocycles. The first kappa shape index (κ1) is 18.7. The zero-order chi connectivity index (χ0) is 20.3. The van der Waals surface area contributed by atoms with Crippen LogP contribution >= 0.6 is 11.3 Å². The molecule has 5 rings (SSSR count). The molecule has 0 saturated carbocycles. The predicted octanol–water partition coefficient (Wildman–Crippen LogP) is 3.10. The van der Waals surface area contributed by atoms with E-state index in [0.29, 0.717) is 0 Å². The molecule has 3 aromatic heterocycles. The lowest BCUT2D eigenvalue weighted by molar-refractivity contribution is -0.119. The van der Waals surface area contributed by atoms with Crippen molar-refractivity contribution in [2.45, 2.75) is 6.54 Å². The molecule has 0 spiro atoms. The molecule has 1 aliphatic rings. The van der Waals surface area contributed by atoms with E-state index in [-0.39, 0.29) is 0 Å². The second-order valence-electron chi connectivity index (χ2n) is 7.28. The van der Waals surface area contributed by atoms with Gasteiger partial charge in [0.1, 0.15) is 5.82 Å². The van der Waals surface area contributed by atoms with Gasteiger partial charge in [-0.2, -0.15) is 5.10 Å².